The minimum Gasteiger partial charge on any atom is -0.307 e. The van der Waals surface area contributed by atoms with Crippen LogP contribution in [0.1, 0.15) is 0 Å². The summed E-state index contributed by atoms with van der Waals surface area (Å²) in [6.45, 7) is 0. The van der Waals surface area contributed by atoms with Crippen LogP contribution in [-0.4, -0.2) is 24.1 Å². The lowest BCUT2D eigenvalue weighted by molar-refractivity contribution is 1.15. The molecule has 0 radical (unpaired) electrons. The molecule has 0 fully saturated rings. The summed E-state index contributed by atoms with van der Waals surface area (Å²) in [4.78, 5) is 13.8. The van der Waals surface area contributed by atoms with Gasteiger partial charge in [0, 0.05) is 62.0 Å². The minimum atomic E-state index is 0.966. The van der Waals surface area contributed by atoms with E-state index in [1.54, 1.807) is 6.33 Å². The van der Waals surface area contributed by atoms with Gasteiger partial charge >= 0.3 is 0 Å². The fourth-order valence-corrected chi connectivity index (χ4v) is 6.55. The normalized spacial score (nSPS) is 12.0. The van der Waals surface area contributed by atoms with Crippen molar-refractivity contribution in [1.82, 2.24) is 24.1 Å². The molecule has 40 heavy (non-hydrogen) atoms. The highest BCUT2D eigenvalue weighted by molar-refractivity contribution is 6.35. The van der Waals surface area contributed by atoms with E-state index < -0.39 is 0 Å². The minimum absolute atomic E-state index is 0.966. The van der Waals surface area contributed by atoms with Crippen LogP contribution >= 0.6 is 0 Å². The molecule has 0 saturated heterocycles. The Bertz CT molecular complexity index is 2430. The van der Waals surface area contributed by atoms with Gasteiger partial charge in [0.05, 0.1) is 33.3 Å². The van der Waals surface area contributed by atoms with Crippen LogP contribution in [0.3, 0.4) is 0 Å². The van der Waals surface area contributed by atoms with Crippen LogP contribution < -0.4 is 0 Å². The fraction of sp³-hybridized carbons (Fsp3) is 0. The lowest BCUT2D eigenvalue weighted by atomic mass is 10.0. The lowest BCUT2D eigenvalue weighted by Crippen LogP contribution is -2.00. The molecule has 4 aromatic heterocycles. The molecule has 0 amide bonds. The molecule has 5 heteroatoms. The first-order valence-corrected chi connectivity index (χ1v) is 13.4. The number of rotatable bonds is 2. The molecular formula is C35H21N5. The predicted molar refractivity (Wildman–Crippen MR) is 164 cm³/mol. The molecule has 4 heterocycles. The van der Waals surface area contributed by atoms with E-state index in [2.05, 4.69) is 122 Å². The maximum absolute atomic E-state index is 4.91. The molecule has 0 aliphatic carbocycles. The summed E-state index contributed by atoms with van der Waals surface area (Å²) in [5.41, 5.74) is 7.77. The van der Waals surface area contributed by atoms with Gasteiger partial charge in [0.15, 0.2) is 0 Å². The third kappa shape index (κ3) is 2.73. The second-order valence-corrected chi connectivity index (χ2v) is 10.1. The Balaban J connectivity index is 1.67. The van der Waals surface area contributed by atoms with Crippen molar-refractivity contribution in [1.29, 1.82) is 0 Å². The third-order valence-corrected chi connectivity index (χ3v) is 8.11. The summed E-state index contributed by atoms with van der Waals surface area (Å²) in [6.07, 6.45) is 7.45. The third-order valence-electron chi connectivity index (χ3n) is 8.11. The summed E-state index contributed by atoms with van der Waals surface area (Å²) in [6, 6.07) is 36.5. The van der Waals surface area contributed by atoms with E-state index in [0.29, 0.717) is 0 Å². The molecule has 0 atom stereocenters. The molecule has 9 rings (SSSR count). The number of benzene rings is 5. The Morgan fingerprint density at radius 1 is 0.500 bits per heavy atom. The van der Waals surface area contributed by atoms with Crippen LogP contribution in [0.4, 0.5) is 0 Å². The summed E-state index contributed by atoms with van der Waals surface area (Å²) in [7, 11) is 0. The van der Waals surface area contributed by atoms with Crippen LogP contribution in [0, 0.1) is 0 Å². The van der Waals surface area contributed by atoms with Crippen molar-refractivity contribution in [2.45, 2.75) is 0 Å². The predicted octanol–water partition coefficient (Wildman–Crippen LogP) is 8.37. The molecule has 0 bridgehead atoms. The number of aromatic nitrogens is 5. The van der Waals surface area contributed by atoms with Gasteiger partial charge in [0.25, 0.3) is 0 Å². The van der Waals surface area contributed by atoms with Gasteiger partial charge in [-0.3, -0.25) is 4.98 Å². The van der Waals surface area contributed by atoms with Gasteiger partial charge in [-0.25, -0.2) is 9.97 Å². The molecule has 5 nitrogen and oxygen atoms in total. The zero-order valence-electron chi connectivity index (χ0n) is 21.4. The van der Waals surface area contributed by atoms with E-state index in [4.69, 9.17) is 4.98 Å². The van der Waals surface area contributed by atoms with E-state index in [1.165, 1.54) is 10.8 Å². The van der Waals surface area contributed by atoms with E-state index in [-0.39, 0.29) is 0 Å². The highest BCUT2D eigenvalue weighted by Crippen LogP contribution is 2.46. The van der Waals surface area contributed by atoms with Crippen molar-refractivity contribution in [2.24, 2.45) is 0 Å². The van der Waals surface area contributed by atoms with E-state index in [9.17, 15) is 0 Å². The zero-order chi connectivity index (χ0) is 26.2. The van der Waals surface area contributed by atoms with Crippen molar-refractivity contribution in [3.63, 3.8) is 0 Å². The average Bonchev–Trinajstić information content (AvgIpc) is 3.55. The molecule has 0 saturated carbocycles. The van der Waals surface area contributed by atoms with E-state index in [1.807, 2.05) is 18.6 Å². The van der Waals surface area contributed by atoms with Crippen molar-refractivity contribution in [2.75, 3.05) is 0 Å². The zero-order valence-corrected chi connectivity index (χ0v) is 21.4. The topological polar surface area (TPSA) is 48.5 Å². The van der Waals surface area contributed by atoms with Crippen molar-refractivity contribution < 1.29 is 0 Å². The Hall–Kier alpha value is -5.55. The van der Waals surface area contributed by atoms with Crippen LogP contribution in [0.5, 0.6) is 0 Å². The first-order valence-electron chi connectivity index (χ1n) is 13.4. The number of hydrogen-bond donors (Lipinski definition) is 0. The smallest absolute Gasteiger partial charge is 0.116 e. The maximum Gasteiger partial charge on any atom is 0.116 e. The standard InChI is InChI=1S/C35H21N5/c1-2-10-23(11-3-1)39-29-14-6-5-13-26(29)32-33-27(20-37-21-38-33)31-25-12-4-7-15-30(25)40(34(31)35(32)39)28-16-8-9-22-19-36-18-17-24(22)28/h1-21H. The quantitative estimate of drug-likeness (QED) is 0.234. The maximum atomic E-state index is 4.91. The molecule has 0 aliphatic heterocycles. The fourth-order valence-electron chi connectivity index (χ4n) is 6.55. The number of hydrogen-bond acceptors (Lipinski definition) is 3. The highest BCUT2D eigenvalue weighted by Gasteiger charge is 2.25. The van der Waals surface area contributed by atoms with Gasteiger partial charge < -0.3 is 9.13 Å². The molecule has 5 aromatic carbocycles. The van der Waals surface area contributed by atoms with Gasteiger partial charge in [-0.2, -0.15) is 0 Å². The van der Waals surface area contributed by atoms with Crippen LogP contribution in [0.15, 0.2) is 128 Å². The van der Waals surface area contributed by atoms with Gasteiger partial charge in [-0.15, -0.1) is 0 Å². The second-order valence-electron chi connectivity index (χ2n) is 10.1. The SMILES string of the molecule is c1ccc(-n2c3ccccc3c3c4ncncc4c4c5ccccc5n(-c5cccc6cnccc56)c4c32)cc1. The highest BCUT2D eigenvalue weighted by atomic mass is 15.0. The first kappa shape index (κ1) is 21.4. The van der Waals surface area contributed by atoms with Crippen LogP contribution in [0.2, 0.25) is 0 Å². The number of pyridine rings is 1. The Morgan fingerprint density at radius 2 is 1.23 bits per heavy atom. The molecule has 186 valence electrons. The van der Waals surface area contributed by atoms with Crippen LogP contribution in [0.25, 0.3) is 76.7 Å². The number of para-hydroxylation sites is 3. The van der Waals surface area contributed by atoms with Crippen molar-refractivity contribution in [3.8, 4) is 11.4 Å². The summed E-state index contributed by atoms with van der Waals surface area (Å²) in [5.74, 6) is 0. The summed E-state index contributed by atoms with van der Waals surface area (Å²) < 4.78 is 4.83. The average molecular weight is 512 g/mol. The van der Waals surface area contributed by atoms with Gasteiger partial charge in [-0.1, -0.05) is 66.7 Å². The molecular weight excluding hydrogens is 490 g/mol. The number of nitrogens with zero attached hydrogens (tertiary/aromatic N) is 5. The van der Waals surface area contributed by atoms with Gasteiger partial charge in [0.1, 0.15) is 6.33 Å². The van der Waals surface area contributed by atoms with Gasteiger partial charge in [0.2, 0.25) is 0 Å². The molecule has 9 aromatic rings. The largest absolute Gasteiger partial charge is 0.307 e. The summed E-state index contributed by atoms with van der Waals surface area (Å²) >= 11 is 0. The van der Waals surface area contributed by atoms with Crippen molar-refractivity contribution in [3.05, 3.63) is 128 Å². The number of fused-ring (bicyclic) bond motifs is 11. The van der Waals surface area contributed by atoms with Crippen molar-refractivity contribution >= 4 is 65.3 Å². The Labute approximate surface area is 228 Å². The molecule has 0 aliphatic rings. The summed E-state index contributed by atoms with van der Waals surface area (Å²) in [5, 5.41) is 7.95. The van der Waals surface area contributed by atoms with Gasteiger partial charge in [-0.05, 0) is 36.4 Å². The lowest BCUT2D eigenvalue weighted by Gasteiger charge is -2.15. The van der Waals surface area contributed by atoms with E-state index in [0.717, 1.165) is 65.9 Å². The second kappa shape index (κ2) is 7.98. The van der Waals surface area contributed by atoms with Crippen LogP contribution in [-0.2, 0) is 0 Å². The Kier molecular flexibility index (Phi) is 4.27. The molecule has 0 spiro atoms. The molecule has 0 N–H and O–H groups in total. The Morgan fingerprint density at radius 3 is 2.08 bits per heavy atom. The first-order chi connectivity index (χ1) is 19.9. The molecule has 0 unspecified atom stereocenters. The van der Waals surface area contributed by atoms with E-state index >= 15 is 0 Å². The monoisotopic (exact) mass is 511 g/mol.